The normalized spacial score (nSPS) is 12.3. The molecule has 100 valence electrons. The van der Waals surface area contributed by atoms with Crippen molar-refractivity contribution in [3.63, 3.8) is 0 Å². The van der Waals surface area contributed by atoms with Crippen LogP contribution < -0.4 is 10.5 Å². The second-order valence-electron chi connectivity index (χ2n) is 4.49. The number of ether oxygens (including phenoxy) is 2. The molecule has 0 aliphatic rings. The molecule has 1 rings (SSSR count). The summed E-state index contributed by atoms with van der Waals surface area (Å²) >= 11 is 0. The molecule has 1 aromatic heterocycles. The minimum absolute atomic E-state index is 0.0743. The number of hydrogen-bond acceptors (Lipinski definition) is 5. The van der Waals surface area contributed by atoms with Gasteiger partial charge in [-0.15, -0.1) is 0 Å². The molecule has 18 heavy (non-hydrogen) atoms. The Balaban J connectivity index is 2.41. The van der Waals surface area contributed by atoms with E-state index in [2.05, 4.69) is 4.98 Å². The van der Waals surface area contributed by atoms with E-state index in [9.17, 15) is 4.79 Å². The minimum Gasteiger partial charge on any atom is -0.480 e. The summed E-state index contributed by atoms with van der Waals surface area (Å²) in [7, 11) is 0. The lowest BCUT2D eigenvalue weighted by molar-refractivity contribution is -0.149. The van der Waals surface area contributed by atoms with Crippen LogP contribution in [0.1, 0.15) is 26.5 Å². The summed E-state index contributed by atoms with van der Waals surface area (Å²) in [5, 5.41) is 0. The van der Waals surface area contributed by atoms with Crippen LogP contribution >= 0.6 is 0 Å². The van der Waals surface area contributed by atoms with Gasteiger partial charge in [-0.2, -0.15) is 0 Å². The van der Waals surface area contributed by atoms with Gasteiger partial charge in [0.15, 0.2) is 6.61 Å². The average molecular weight is 252 g/mol. The van der Waals surface area contributed by atoms with Crippen molar-refractivity contribution in [1.82, 2.24) is 4.98 Å². The van der Waals surface area contributed by atoms with Gasteiger partial charge in [-0.25, -0.2) is 4.79 Å². The Bertz CT molecular complexity index is 374. The predicted molar refractivity (Wildman–Crippen MR) is 68.3 cm³/mol. The summed E-state index contributed by atoms with van der Waals surface area (Å²) < 4.78 is 10.2. The minimum atomic E-state index is -0.385. The van der Waals surface area contributed by atoms with Gasteiger partial charge in [-0.1, -0.05) is 0 Å². The number of nitrogens with two attached hydrogens (primary N) is 1. The molecule has 0 aliphatic carbocycles. The van der Waals surface area contributed by atoms with Crippen LogP contribution in [0.4, 0.5) is 0 Å². The highest BCUT2D eigenvalue weighted by molar-refractivity contribution is 5.71. The first-order valence-corrected chi connectivity index (χ1v) is 6.00. The fourth-order valence-electron chi connectivity index (χ4n) is 1.39. The van der Waals surface area contributed by atoms with Gasteiger partial charge in [0.25, 0.3) is 0 Å². The summed E-state index contributed by atoms with van der Waals surface area (Å²) in [6.45, 7) is 5.41. The zero-order chi connectivity index (χ0) is 13.5. The van der Waals surface area contributed by atoms with E-state index in [0.717, 1.165) is 12.1 Å². The maximum Gasteiger partial charge on any atom is 0.344 e. The molecule has 1 heterocycles. The van der Waals surface area contributed by atoms with Crippen LogP contribution in [0.15, 0.2) is 18.3 Å². The maximum absolute atomic E-state index is 11.3. The highest BCUT2D eigenvalue weighted by Gasteiger charge is 2.07. The summed E-state index contributed by atoms with van der Waals surface area (Å²) in [6, 6.07) is 3.69. The smallest absolute Gasteiger partial charge is 0.344 e. The summed E-state index contributed by atoms with van der Waals surface area (Å²) in [4.78, 5) is 15.5. The van der Waals surface area contributed by atoms with E-state index in [1.165, 1.54) is 0 Å². The molecule has 0 spiro atoms. The third-order valence-electron chi connectivity index (χ3n) is 2.05. The molecule has 0 fully saturated rings. The van der Waals surface area contributed by atoms with Gasteiger partial charge in [0.05, 0.1) is 12.3 Å². The Morgan fingerprint density at radius 1 is 1.39 bits per heavy atom. The zero-order valence-corrected chi connectivity index (χ0v) is 11.1. The second-order valence-corrected chi connectivity index (χ2v) is 4.49. The Hall–Kier alpha value is -1.62. The molecule has 0 amide bonds. The maximum atomic E-state index is 11.3. The molecule has 0 bridgehead atoms. The topological polar surface area (TPSA) is 74.4 Å². The Morgan fingerprint density at radius 3 is 2.61 bits per heavy atom. The Morgan fingerprint density at radius 2 is 2.11 bits per heavy atom. The molecule has 0 aromatic carbocycles. The first kappa shape index (κ1) is 14.4. The first-order chi connectivity index (χ1) is 8.47. The first-order valence-electron chi connectivity index (χ1n) is 6.00. The van der Waals surface area contributed by atoms with Gasteiger partial charge in [0, 0.05) is 18.2 Å². The molecular formula is C13H20N2O3. The molecule has 0 saturated heterocycles. The molecule has 0 saturated carbocycles. The van der Waals surface area contributed by atoms with Gasteiger partial charge in [0.2, 0.25) is 0 Å². The van der Waals surface area contributed by atoms with E-state index >= 15 is 0 Å². The second kappa shape index (κ2) is 6.96. The van der Waals surface area contributed by atoms with Crippen molar-refractivity contribution in [1.29, 1.82) is 0 Å². The van der Waals surface area contributed by atoms with Crippen molar-refractivity contribution < 1.29 is 14.3 Å². The van der Waals surface area contributed by atoms with Gasteiger partial charge < -0.3 is 15.2 Å². The fraction of sp³-hybridized carbons (Fsp3) is 0.538. The average Bonchev–Trinajstić information content (AvgIpc) is 2.26. The van der Waals surface area contributed by atoms with Crippen molar-refractivity contribution >= 4 is 5.97 Å². The Kier molecular flexibility index (Phi) is 5.58. The van der Waals surface area contributed by atoms with Crippen LogP contribution in [0.2, 0.25) is 0 Å². The van der Waals surface area contributed by atoms with E-state index in [1.54, 1.807) is 26.1 Å². The SMILES string of the molecule is CC(N)Cc1ccc(OCC(=O)OC(C)C)cn1. The molecule has 0 aliphatic heterocycles. The van der Waals surface area contributed by atoms with Crippen LogP contribution in [-0.2, 0) is 16.0 Å². The number of hydrogen-bond donors (Lipinski definition) is 1. The molecule has 2 N–H and O–H groups in total. The number of aromatic nitrogens is 1. The van der Waals surface area contributed by atoms with E-state index in [-0.39, 0.29) is 24.7 Å². The van der Waals surface area contributed by atoms with Crippen LogP contribution in [0.5, 0.6) is 5.75 Å². The number of carbonyl (C=O) groups excluding carboxylic acids is 1. The fourth-order valence-corrected chi connectivity index (χ4v) is 1.39. The highest BCUT2D eigenvalue weighted by Crippen LogP contribution is 2.10. The molecule has 0 radical (unpaired) electrons. The largest absolute Gasteiger partial charge is 0.480 e. The lowest BCUT2D eigenvalue weighted by Gasteiger charge is -2.09. The van der Waals surface area contributed by atoms with Crippen LogP contribution in [0.25, 0.3) is 0 Å². The van der Waals surface area contributed by atoms with E-state index in [0.29, 0.717) is 5.75 Å². The predicted octanol–water partition coefficient (Wildman–Crippen LogP) is 1.30. The number of esters is 1. The van der Waals surface area contributed by atoms with Crippen molar-refractivity contribution in [2.24, 2.45) is 5.73 Å². The molecule has 1 atom stereocenters. The standard InChI is InChI=1S/C13H20N2O3/c1-9(2)18-13(16)8-17-12-5-4-11(15-7-12)6-10(3)14/h4-5,7,9-10H,6,8,14H2,1-3H3. The monoisotopic (exact) mass is 252 g/mol. The quantitative estimate of drug-likeness (QED) is 0.772. The summed E-state index contributed by atoms with van der Waals surface area (Å²) in [5.74, 6) is 0.161. The van der Waals surface area contributed by atoms with Crippen molar-refractivity contribution in [2.75, 3.05) is 6.61 Å². The van der Waals surface area contributed by atoms with Gasteiger partial charge in [0.1, 0.15) is 5.75 Å². The highest BCUT2D eigenvalue weighted by atomic mass is 16.6. The van der Waals surface area contributed by atoms with E-state index in [4.69, 9.17) is 15.2 Å². The lowest BCUT2D eigenvalue weighted by Crippen LogP contribution is -2.19. The lowest BCUT2D eigenvalue weighted by atomic mass is 10.2. The molecule has 1 unspecified atom stereocenters. The van der Waals surface area contributed by atoms with E-state index < -0.39 is 0 Å². The molecule has 1 aromatic rings. The van der Waals surface area contributed by atoms with Crippen LogP contribution in [0.3, 0.4) is 0 Å². The van der Waals surface area contributed by atoms with Crippen LogP contribution in [-0.4, -0.2) is 29.7 Å². The summed E-state index contributed by atoms with van der Waals surface area (Å²) in [5.41, 5.74) is 6.58. The number of nitrogens with zero attached hydrogens (tertiary/aromatic N) is 1. The summed E-state index contributed by atoms with van der Waals surface area (Å²) in [6.07, 6.45) is 2.17. The number of carbonyl (C=O) groups is 1. The Labute approximate surface area is 107 Å². The van der Waals surface area contributed by atoms with Gasteiger partial charge in [-0.05, 0) is 32.9 Å². The van der Waals surface area contributed by atoms with Gasteiger partial charge in [-0.3, -0.25) is 4.98 Å². The van der Waals surface area contributed by atoms with Crippen molar-refractivity contribution in [3.05, 3.63) is 24.0 Å². The van der Waals surface area contributed by atoms with Crippen molar-refractivity contribution in [3.8, 4) is 5.75 Å². The number of pyridine rings is 1. The molecular weight excluding hydrogens is 232 g/mol. The van der Waals surface area contributed by atoms with Crippen molar-refractivity contribution in [2.45, 2.75) is 39.3 Å². The third-order valence-corrected chi connectivity index (χ3v) is 2.05. The van der Waals surface area contributed by atoms with Crippen LogP contribution in [0, 0.1) is 0 Å². The molecule has 5 heteroatoms. The van der Waals surface area contributed by atoms with E-state index in [1.807, 2.05) is 13.0 Å². The molecule has 5 nitrogen and oxygen atoms in total. The third kappa shape index (κ3) is 5.63. The zero-order valence-electron chi connectivity index (χ0n) is 11.1. The van der Waals surface area contributed by atoms with Gasteiger partial charge >= 0.3 is 5.97 Å². The number of rotatable bonds is 6.